The summed E-state index contributed by atoms with van der Waals surface area (Å²) in [6.07, 6.45) is 3.77. The van der Waals surface area contributed by atoms with Crippen LogP contribution in [0.25, 0.3) is 0 Å². The molecule has 0 aromatic heterocycles. The number of carbonyl (C=O) groups is 1. The number of hydrogen-bond acceptors (Lipinski definition) is 2. The Hall–Kier alpha value is -1.35. The molecule has 1 amide bonds. The van der Waals surface area contributed by atoms with Crippen molar-refractivity contribution in [3.8, 4) is 0 Å². The Morgan fingerprint density at radius 1 is 1.37 bits per heavy atom. The number of likely N-dealkylation sites (N-methyl/N-ethyl adjacent to an activating group) is 1. The Bertz CT molecular complexity index is 532. The van der Waals surface area contributed by atoms with Gasteiger partial charge in [0, 0.05) is 18.8 Å². The molecule has 19 heavy (non-hydrogen) atoms. The number of rotatable bonds is 2. The standard InChI is InChI=1S/C16H22N2O/c1-16(2)12-9-11(14(17)10-5-4-6-10)7-8-13(12)18(3)15(16)19/h7-10,14H,4-6,17H2,1-3H3. The monoisotopic (exact) mass is 258 g/mol. The van der Waals surface area contributed by atoms with Crippen LogP contribution in [0.4, 0.5) is 5.69 Å². The van der Waals surface area contributed by atoms with Gasteiger partial charge in [0.15, 0.2) is 0 Å². The minimum atomic E-state index is -0.431. The van der Waals surface area contributed by atoms with Crippen LogP contribution in [0.3, 0.4) is 0 Å². The normalized spacial score (nSPS) is 23.2. The highest BCUT2D eigenvalue weighted by molar-refractivity contribution is 6.07. The molecule has 1 atom stereocenters. The smallest absolute Gasteiger partial charge is 0.236 e. The van der Waals surface area contributed by atoms with Gasteiger partial charge in [0.1, 0.15) is 0 Å². The second-order valence-electron chi connectivity index (χ2n) is 6.48. The SMILES string of the molecule is CN1C(=O)C(C)(C)c2cc(C(N)C3CCC3)ccc21. The molecule has 2 aliphatic rings. The van der Waals surface area contributed by atoms with E-state index in [-0.39, 0.29) is 11.9 Å². The van der Waals surface area contributed by atoms with Crippen molar-refractivity contribution >= 4 is 11.6 Å². The van der Waals surface area contributed by atoms with E-state index in [2.05, 4.69) is 18.2 Å². The molecule has 0 radical (unpaired) electrons. The third-order valence-electron chi connectivity index (χ3n) is 4.94. The molecule has 3 rings (SSSR count). The van der Waals surface area contributed by atoms with Crippen LogP contribution in [-0.2, 0) is 10.2 Å². The maximum Gasteiger partial charge on any atom is 0.236 e. The fraction of sp³-hybridized carbons (Fsp3) is 0.562. The average molecular weight is 258 g/mol. The van der Waals surface area contributed by atoms with Gasteiger partial charge in [-0.15, -0.1) is 0 Å². The van der Waals surface area contributed by atoms with Crippen LogP contribution in [0.15, 0.2) is 18.2 Å². The fourth-order valence-electron chi connectivity index (χ4n) is 3.27. The van der Waals surface area contributed by atoms with E-state index < -0.39 is 5.41 Å². The zero-order valence-corrected chi connectivity index (χ0v) is 11.9. The van der Waals surface area contributed by atoms with Crippen molar-refractivity contribution in [3.63, 3.8) is 0 Å². The number of hydrogen-bond donors (Lipinski definition) is 1. The molecule has 1 aromatic rings. The van der Waals surface area contributed by atoms with Gasteiger partial charge >= 0.3 is 0 Å². The summed E-state index contributed by atoms with van der Waals surface area (Å²) >= 11 is 0. The molecule has 1 fully saturated rings. The number of benzene rings is 1. The maximum absolute atomic E-state index is 12.3. The number of carbonyl (C=O) groups excluding carboxylic acids is 1. The van der Waals surface area contributed by atoms with Gasteiger partial charge in [-0.25, -0.2) is 0 Å². The minimum absolute atomic E-state index is 0.121. The van der Waals surface area contributed by atoms with Crippen molar-refractivity contribution in [3.05, 3.63) is 29.3 Å². The topological polar surface area (TPSA) is 46.3 Å². The predicted octanol–water partition coefficient (Wildman–Crippen LogP) is 2.74. The van der Waals surface area contributed by atoms with E-state index in [0.29, 0.717) is 5.92 Å². The molecule has 1 heterocycles. The molecule has 3 nitrogen and oxygen atoms in total. The number of nitrogens with zero attached hydrogens (tertiary/aromatic N) is 1. The number of nitrogens with two attached hydrogens (primary N) is 1. The van der Waals surface area contributed by atoms with Crippen LogP contribution >= 0.6 is 0 Å². The largest absolute Gasteiger partial charge is 0.324 e. The van der Waals surface area contributed by atoms with Crippen molar-refractivity contribution in [2.75, 3.05) is 11.9 Å². The number of fused-ring (bicyclic) bond motifs is 1. The first kappa shape index (κ1) is 12.7. The zero-order valence-electron chi connectivity index (χ0n) is 11.9. The van der Waals surface area contributed by atoms with Crippen molar-refractivity contribution in [1.82, 2.24) is 0 Å². The van der Waals surface area contributed by atoms with Gasteiger partial charge in [-0.3, -0.25) is 4.79 Å². The van der Waals surface area contributed by atoms with Crippen molar-refractivity contribution in [1.29, 1.82) is 0 Å². The third kappa shape index (κ3) is 1.71. The van der Waals surface area contributed by atoms with Crippen molar-refractivity contribution in [2.45, 2.75) is 44.6 Å². The lowest BCUT2D eigenvalue weighted by atomic mass is 9.76. The van der Waals surface area contributed by atoms with E-state index >= 15 is 0 Å². The minimum Gasteiger partial charge on any atom is -0.324 e. The van der Waals surface area contributed by atoms with Crippen molar-refractivity contribution < 1.29 is 4.79 Å². The summed E-state index contributed by atoms with van der Waals surface area (Å²) in [4.78, 5) is 14.0. The molecule has 0 saturated heterocycles. The molecular formula is C16H22N2O. The Labute approximate surface area is 114 Å². The summed E-state index contributed by atoms with van der Waals surface area (Å²) in [6.45, 7) is 3.99. The van der Waals surface area contributed by atoms with Gasteiger partial charge in [0.25, 0.3) is 0 Å². The first-order valence-electron chi connectivity index (χ1n) is 7.11. The predicted molar refractivity (Wildman–Crippen MR) is 77.1 cm³/mol. The van der Waals surface area contributed by atoms with Gasteiger partial charge in [-0.05, 0) is 49.8 Å². The van der Waals surface area contributed by atoms with Crippen LogP contribution in [0, 0.1) is 5.92 Å². The van der Waals surface area contributed by atoms with Gasteiger partial charge in [-0.1, -0.05) is 18.6 Å². The van der Waals surface area contributed by atoms with Gasteiger partial charge in [0.2, 0.25) is 5.91 Å². The molecule has 2 N–H and O–H groups in total. The lowest BCUT2D eigenvalue weighted by molar-refractivity contribution is -0.121. The highest BCUT2D eigenvalue weighted by Crippen LogP contribution is 2.43. The highest BCUT2D eigenvalue weighted by Gasteiger charge is 2.42. The zero-order chi connectivity index (χ0) is 13.8. The van der Waals surface area contributed by atoms with E-state index in [9.17, 15) is 4.79 Å². The van der Waals surface area contributed by atoms with E-state index in [1.54, 1.807) is 4.90 Å². The lowest BCUT2D eigenvalue weighted by Gasteiger charge is -2.32. The van der Waals surface area contributed by atoms with Crippen LogP contribution < -0.4 is 10.6 Å². The lowest BCUT2D eigenvalue weighted by Crippen LogP contribution is -2.33. The molecule has 1 saturated carbocycles. The van der Waals surface area contributed by atoms with E-state index in [0.717, 1.165) is 11.3 Å². The Kier molecular flexibility index (Phi) is 2.72. The molecule has 1 aliphatic heterocycles. The molecule has 0 bridgehead atoms. The summed E-state index contributed by atoms with van der Waals surface area (Å²) in [5.41, 5.74) is 9.25. The summed E-state index contributed by atoms with van der Waals surface area (Å²) in [5, 5.41) is 0. The molecular weight excluding hydrogens is 236 g/mol. The Morgan fingerprint density at radius 3 is 2.63 bits per heavy atom. The third-order valence-corrected chi connectivity index (χ3v) is 4.94. The van der Waals surface area contributed by atoms with Crippen LogP contribution in [-0.4, -0.2) is 13.0 Å². The fourth-order valence-corrected chi connectivity index (χ4v) is 3.27. The first-order chi connectivity index (χ1) is 8.93. The Morgan fingerprint density at radius 2 is 2.05 bits per heavy atom. The quantitative estimate of drug-likeness (QED) is 0.886. The molecule has 1 aromatic carbocycles. The molecule has 3 heteroatoms. The summed E-state index contributed by atoms with van der Waals surface area (Å²) in [6, 6.07) is 6.42. The highest BCUT2D eigenvalue weighted by atomic mass is 16.2. The van der Waals surface area contributed by atoms with E-state index in [4.69, 9.17) is 5.73 Å². The van der Waals surface area contributed by atoms with Gasteiger partial charge in [0.05, 0.1) is 5.41 Å². The second kappa shape index (κ2) is 4.07. The van der Waals surface area contributed by atoms with Gasteiger partial charge < -0.3 is 10.6 Å². The Balaban J connectivity index is 2.00. The molecule has 1 unspecified atom stereocenters. The summed E-state index contributed by atoms with van der Waals surface area (Å²) in [5.74, 6) is 0.785. The van der Waals surface area contributed by atoms with Crippen LogP contribution in [0.1, 0.15) is 50.3 Å². The summed E-state index contributed by atoms with van der Waals surface area (Å²) < 4.78 is 0. The van der Waals surface area contributed by atoms with E-state index in [1.165, 1.54) is 24.8 Å². The first-order valence-corrected chi connectivity index (χ1v) is 7.11. The number of amides is 1. The molecule has 102 valence electrons. The molecule has 0 spiro atoms. The van der Waals surface area contributed by atoms with Crippen LogP contribution in [0.2, 0.25) is 0 Å². The molecule has 1 aliphatic carbocycles. The maximum atomic E-state index is 12.3. The van der Waals surface area contributed by atoms with Crippen LogP contribution in [0.5, 0.6) is 0 Å². The van der Waals surface area contributed by atoms with E-state index in [1.807, 2.05) is 20.9 Å². The van der Waals surface area contributed by atoms with Gasteiger partial charge in [-0.2, -0.15) is 0 Å². The second-order valence-corrected chi connectivity index (χ2v) is 6.48. The summed E-state index contributed by atoms with van der Waals surface area (Å²) in [7, 11) is 1.85. The average Bonchev–Trinajstić information content (AvgIpc) is 2.49. The number of anilines is 1. The van der Waals surface area contributed by atoms with Crippen molar-refractivity contribution in [2.24, 2.45) is 11.7 Å².